The molecule has 186 valence electrons. The topological polar surface area (TPSA) is 53.9 Å². The molecule has 1 saturated carbocycles. The van der Waals surface area contributed by atoms with E-state index in [-0.39, 0.29) is 5.54 Å². The molecule has 36 heavy (non-hydrogen) atoms. The Balaban J connectivity index is 1.67. The maximum absolute atomic E-state index is 5.07. The number of benzene rings is 2. The van der Waals surface area contributed by atoms with Crippen LogP contribution in [0.4, 0.5) is 5.82 Å². The van der Waals surface area contributed by atoms with Crippen LogP contribution in [0, 0.1) is 20.8 Å². The first-order valence-electron chi connectivity index (χ1n) is 12.9. The smallest absolute Gasteiger partial charge is 0.155 e. The standard InChI is InChI=1S/C29H36BN5S/c1-17-9-10-20-13-21(36-7)14-22(24(20)25(17)30-4)26-18(2)27-23(15-31-26)28(34-19(3)33-27)32-16-29(35(5)6)11-8-12-29/h9-10,13-15,30H,8,11-12,16H2,1-7H3,(H,32,33,34). The number of nitrogens with one attached hydrogen (secondary N) is 1. The average molecular weight is 498 g/mol. The Morgan fingerprint density at radius 2 is 1.89 bits per heavy atom. The van der Waals surface area contributed by atoms with E-state index < -0.39 is 0 Å². The van der Waals surface area contributed by atoms with Gasteiger partial charge in [0.2, 0.25) is 0 Å². The molecular formula is C29H36BN5S. The summed E-state index contributed by atoms with van der Waals surface area (Å²) in [4.78, 5) is 18.4. The summed E-state index contributed by atoms with van der Waals surface area (Å²) in [6.45, 7) is 9.48. The maximum atomic E-state index is 5.07. The van der Waals surface area contributed by atoms with Gasteiger partial charge in [-0.25, -0.2) is 9.97 Å². The molecule has 0 bridgehead atoms. The van der Waals surface area contributed by atoms with E-state index in [1.165, 1.54) is 51.5 Å². The van der Waals surface area contributed by atoms with Crippen molar-refractivity contribution in [2.75, 3.05) is 32.2 Å². The molecule has 4 aromatic rings. The normalized spacial score (nSPS) is 14.9. The molecule has 5 rings (SSSR count). The van der Waals surface area contributed by atoms with Crippen LogP contribution >= 0.6 is 11.8 Å². The van der Waals surface area contributed by atoms with Crippen molar-refractivity contribution in [3.63, 3.8) is 0 Å². The minimum atomic E-state index is 0.208. The zero-order chi connectivity index (χ0) is 25.6. The Morgan fingerprint density at radius 1 is 1.11 bits per heavy atom. The van der Waals surface area contributed by atoms with E-state index in [2.05, 4.69) is 75.5 Å². The number of thioether (sulfide) groups is 1. The number of hydrogen-bond acceptors (Lipinski definition) is 6. The number of pyridine rings is 1. The van der Waals surface area contributed by atoms with E-state index in [1.54, 1.807) is 11.8 Å². The fourth-order valence-electron chi connectivity index (χ4n) is 5.73. The van der Waals surface area contributed by atoms with Gasteiger partial charge in [0.05, 0.1) is 16.6 Å². The van der Waals surface area contributed by atoms with Crippen LogP contribution in [-0.2, 0) is 0 Å². The Hall–Kier alpha value is -2.64. The molecule has 0 unspecified atom stereocenters. The number of likely N-dealkylation sites (N-methyl/N-ethyl adjacent to an activating group) is 1. The van der Waals surface area contributed by atoms with Gasteiger partial charge in [-0.2, -0.15) is 0 Å². The molecule has 1 aliphatic rings. The number of fused-ring (bicyclic) bond motifs is 2. The van der Waals surface area contributed by atoms with Crippen LogP contribution in [0.1, 0.15) is 36.2 Å². The minimum absolute atomic E-state index is 0.208. The van der Waals surface area contributed by atoms with Crippen LogP contribution in [0.25, 0.3) is 32.9 Å². The monoisotopic (exact) mass is 497 g/mol. The van der Waals surface area contributed by atoms with Crippen molar-refractivity contribution in [3.8, 4) is 11.3 Å². The summed E-state index contributed by atoms with van der Waals surface area (Å²) in [6.07, 6.45) is 7.83. The highest BCUT2D eigenvalue weighted by molar-refractivity contribution is 7.98. The lowest BCUT2D eigenvalue weighted by Gasteiger charge is -2.47. The van der Waals surface area contributed by atoms with E-state index >= 15 is 0 Å². The first kappa shape index (κ1) is 25.0. The highest BCUT2D eigenvalue weighted by Crippen LogP contribution is 2.38. The molecule has 0 saturated heterocycles. The predicted molar refractivity (Wildman–Crippen MR) is 158 cm³/mol. The van der Waals surface area contributed by atoms with Crippen LogP contribution in [0.2, 0.25) is 6.82 Å². The first-order chi connectivity index (χ1) is 17.3. The maximum Gasteiger partial charge on any atom is 0.155 e. The lowest BCUT2D eigenvalue weighted by atomic mass is 9.68. The van der Waals surface area contributed by atoms with Gasteiger partial charge in [-0.1, -0.05) is 30.0 Å². The van der Waals surface area contributed by atoms with Gasteiger partial charge in [0.1, 0.15) is 11.6 Å². The summed E-state index contributed by atoms with van der Waals surface area (Å²) in [5, 5.41) is 7.26. The van der Waals surface area contributed by atoms with E-state index in [0.29, 0.717) is 0 Å². The van der Waals surface area contributed by atoms with Crippen molar-refractivity contribution < 1.29 is 0 Å². The summed E-state index contributed by atoms with van der Waals surface area (Å²) in [5.41, 5.74) is 7.23. The molecule has 5 nitrogen and oxygen atoms in total. The van der Waals surface area contributed by atoms with Crippen LogP contribution in [0.3, 0.4) is 0 Å². The van der Waals surface area contributed by atoms with Crippen molar-refractivity contribution in [2.45, 2.75) is 57.3 Å². The zero-order valence-corrected chi connectivity index (χ0v) is 23.4. The van der Waals surface area contributed by atoms with E-state index in [9.17, 15) is 0 Å². The number of hydrogen-bond donors (Lipinski definition) is 1. The van der Waals surface area contributed by atoms with Crippen molar-refractivity contribution in [1.29, 1.82) is 0 Å². The fourth-order valence-corrected chi connectivity index (χ4v) is 6.21. The fraction of sp³-hybridized carbons (Fsp3) is 0.414. The molecule has 0 amide bonds. The second kappa shape index (κ2) is 9.68. The summed E-state index contributed by atoms with van der Waals surface area (Å²) in [7, 11) is 5.35. The number of aromatic nitrogens is 3. The van der Waals surface area contributed by atoms with Gasteiger partial charge in [-0.05, 0) is 83.3 Å². The third kappa shape index (κ3) is 4.16. The minimum Gasteiger partial charge on any atom is -0.368 e. The molecule has 0 spiro atoms. The van der Waals surface area contributed by atoms with Crippen molar-refractivity contribution in [2.24, 2.45) is 0 Å². The zero-order valence-electron chi connectivity index (χ0n) is 22.6. The molecule has 0 radical (unpaired) electrons. The van der Waals surface area contributed by atoms with Gasteiger partial charge in [0, 0.05) is 34.3 Å². The molecule has 1 aliphatic carbocycles. The Labute approximate surface area is 219 Å². The molecule has 1 fully saturated rings. The highest BCUT2D eigenvalue weighted by atomic mass is 32.2. The molecular weight excluding hydrogens is 461 g/mol. The number of anilines is 1. The summed E-state index contributed by atoms with van der Waals surface area (Å²) in [5.74, 6) is 1.67. The number of nitrogens with zero attached hydrogens (tertiary/aromatic N) is 4. The van der Waals surface area contributed by atoms with E-state index in [4.69, 9.17) is 15.0 Å². The Kier molecular flexibility index (Phi) is 6.73. The van der Waals surface area contributed by atoms with Crippen molar-refractivity contribution in [3.05, 3.63) is 47.4 Å². The lowest BCUT2D eigenvalue weighted by molar-refractivity contribution is 0.0738. The van der Waals surface area contributed by atoms with Crippen LogP contribution in [0.5, 0.6) is 0 Å². The average Bonchev–Trinajstić information content (AvgIpc) is 2.83. The SMILES string of the molecule is CBc1c(C)ccc2cc(SC)cc(-c3ncc4c(NCC5(N(C)C)CCC5)nc(C)nc4c3C)c12. The van der Waals surface area contributed by atoms with Crippen LogP contribution in [0.15, 0.2) is 35.4 Å². The Morgan fingerprint density at radius 3 is 2.53 bits per heavy atom. The molecule has 2 heterocycles. The molecule has 1 N–H and O–H groups in total. The predicted octanol–water partition coefficient (Wildman–Crippen LogP) is 5.50. The summed E-state index contributed by atoms with van der Waals surface area (Å²) in [6, 6.07) is 9.09. The number of rotatable bonds is 7. The molecule has 0 aliphatic heterocycles. The van der Waals surface area contributed by atoms with Gasteiger partial charge >= 0.3 is 0 Å². The van der Waals surface area contributed by atoms with Gasteiger partial charge in [0.15, 0.2) is 7.28 Å². The summed E-state index contributed by atoms with van der Waals surface area (Å²) < 4.78 is 0. The van der Waals surface area contributed by atoms with Crippen molar-refractivity contribution in [1.82, 2.24) is 19.9 Å². The van der Waals surface area contributed by atoms with E-state index in [1.807, 2.05) is 13.1 Å². The van der Waals surface area contributed by atoms with Gasteiger partial charge in [0.25, 0.3) is 0 Å². The van der Waals surface area contributed by atoms with Crippen molar-refractivity contribution >= 4 is 52.0 Å². The quantitative estimate of drug-likeness (QED) is 0.269. The second-order valence-electron chi connectivity index (χ2n) is 10.4. The van der Waals surface area contributed by atoms with Gasteiger partial charge < -0.3 is 10.2 Å². The van der Waals surface area contributed by atoms with Gasteiger partial charge in [-0.3, -0.25) is 4.98 Å². The van der Waals surface area contributed by atoms with Crippen LogP contribution in [-0.4, -0.2) is 59.6 Å². The lowest BCUT2D eigenvalue weighted by Crippen LogP contribution is -2.54. The number of aryl methyl sites for hydroxylation is 3. The molecule has 2 aromatic carbocycles. The Bertz CT molecular complexity index is 1460. The third-order valence-corrected chi connectivity index (χ3v) is 8.89. The highest BCUT2D eigenvalue weighted by Gasteiger charge is 2.39. The molecule has 2 aromatic heterocycles. The third-order valence-electron chi connectivity index (χ3n) is 8.19. The summed E-state index contributed by atoms with van der Waals surface area (Å²) >= 11 is 1.78. The van der Waals surface area contributed by atoms with Crippen LogP contribution < -0.4 is 10.8 Å². The molecule has 7 heteroatoms. The second-order valence-corrected chi connectivity index (χ2v) is 11.3. The largest absolute Gasteiger partial charge is 0.368 e. The molecule has 0 atom stereocenters. The first-order valence-corrected chi connectivity index (χ1v) is 14.2. The van der Waals surface area contributed by atoms with E-state index in [0.717, 1.165) is 47.6 Å². The van der Waals surface area contributed by atoms with Gasteiger partial charge in [-0.15, -0.1) is 11.8 Å².